The van der Waals surface area contributed by atoms with Gasteiger partial charge in [0, 0.05) is 55.5 Å². The van der Waals surface area contributed by atoms with Crippen LogP contribution in [-0.2, 0) is 17.7 Å². The molecule has 1 unspecified atom stereocenters. The molecule has 1 saturated heterocycles. The third-order valence-electron chi connectivity index (χ3n) is 6.99. The van der Waals surface area contributed by atoms with Crippen LogP contribution in [0.5, 0.6) is 0 Å². The molecule has 1 aliphatic rings. The zero-order chi connectivity index (χ0) is 25.0. The maximum Gasteiger partial charge on any atom is 0.317 e. The van der Waals surface area contributed by atoms with Crippen LogP contribution in [0.25, 0.3) is 27.0 Å². The molecule has 0 bridgehead atoms. The van der Waals surface area contributed by atoms with E-state index in [1.165, 1.54) is 10.8 Å². The second-order valence-electron chi connectivity index (χ2n) is 9.54. The van der Waals surface area contributed by atoms with Gasteiger partial charge in [-0.05, 0) is 35.2 Å². The minimum Gasteiger partial charge on any atom is -0.376 e. The van der Waals surface area contributed by atoms with Crippen LogP contribution in [0.15, 0.2) is 84.4 Å². The normalized spacial score (nSPS) is 15.4. The summed E-state index contributed by atoms with van der Waals surface area (Å²) in [5, 5.41) is 7.68. The van der Waals surface area contributed by atoms with Gasteiger partial charge in [-0.3, -0.25) is 4.40 Å². The molecule has 1 fully saturated rings. The smallest absolute Gasteiger partial charge is 0.317 e. The summed E-state index contributed by atoms with van der Waals surface area (Å²) < 4.78 is 8.02. The topological polar surface area (TPSA) is 58.9 Å². The quantitative estimate of drug-likeness (QED) is 0.272. The van der Waals surface area contributed by atoms with Gasteiger partial charge in [-0.15, -0.1) is 11.3 Å². The fourth-order valence-electron chi connectivity index (χ4n) is 4.94. The van der Waals surface area contributed by atoms with E-state index in [2.05, 4.69) is 63.8 Å². The molecule has 6 rings (SSSR count). The molecule has 7 heteroatoms. The average Bonchev–Trinajstić information content (AvgIpc) is 3.69. The van der Waals surface area contributed by atoms with Crippen molar-refractivity contribution in [2.24, 2.45) is 0 Å². The number of fused-ring (bicyclic) bond motifs is 2. The van der Waals surface area contributed by atoms with Gasteiger partial charge in [-0.1, -0.05) is 66.7 Å². The standard InChI is InChI=1S/C30H30N4O2S/c35-29(31-18-22-7-2-1-3-8-22)33(19-27-11-6-16-36-27)15-14-26-21-37-30-32-28(20-34(26)30)25-13-12-23-9-4-5-10-24(23)17-25/h1-5,7-10,12-13,17,20-21,27H,6,11,14-16,18-19H2,(H,31,35). The van der Waals surface area contributed by atoms with E-state index in [-0.39, 0.29) is 12.1 Å². The lowest BCUT2D eigenvalue weighted by Gasteiger charge is -2.25. The number of aromatic nitrogens is 2. The first kappa shape index (κ1) is 23.7. The van der Waals surface area contributed by atoms with Crippen LogP contribution in [0.3, 0.4) is 0 Å². The Bertz CT molecular complexity index is 1500. The van der Waals surface area contributed by atoms with Gasteiger partial charge >= 0.3 is 6.03 Å². The summed E-state index contributed by atoms with van der Waals surface area (Å²) in [5.41, 5.74) is 4.33. The minimum atomic E-state index is -0.0479. The lowest BCUT2D eigenvalue weighted by Crippen LogP contribution is -2.44. The molecule has 0 spiro atoms. The molecule has 2 aromatic heterocycles. The van der Waals surface area contributed by atoms with Crippen LogP contribution in [0.1, 0.15) is 24.1 Å². The Morgan fingerprint density at radius 1 is 1.08 bits per heavy atom. The largest absolute Gasteiger partial charge is 0.376 e. The highest BCUT2D eigenvalue weighted by molar-refractivity contribution is 7.15. The van der Waals surface area contributed by atoms with E-state index in [9.17, 15) is 4.79 Å². The molecule has 0 aliphatic carbocycles. The summed E-state index contributed by atoms with van der Waals surface area (Å²) in [5.74, 6) is 0. The van der Waals surface area contributed by atoms with E-state index in [4.69, 9.17) is 9.72 Å². The Balaban J connectivity index is 1.17. The highest BCUT2D eigenvalue weighted by Gasteiger charge is 2.23. The molecule has 2 amide bonds. The Morgan fingerprint density at radius 2 is 1.92 bits per heavy atom. The Morgan fingerprint density at radius 3 is 2.76 bits per heavy atom. The fourth-order valence-corrected chi connectivity index (χ4v) is 5.85. The van der Waals surface area contributed by atoms with Crippen molar-refractivity contribution < 1.29 is 9.53 Å². The number of imidazole rings is 1. The minimum absolute atomic E-state index is 0.0479. The van der Waals surface area contributed by atoms with Gasteiger partial charge in [0.15, 0.2) is 4.96 Å². The summed E-state index contributed by atoms with van der Waals surface area (Å²) in [6.45, 7) is 2.53. The SMILES string of the molecule is O=C(NCc1ccccc1)N(CCc1csc2nc(-c3ccc4ccccc4c3)cn12)CC1CCCO1. The highest BCUT2D eigenvalue weighted by atomic mass is 32.1. The summed E-state index contributed by atoms with van der Waals surface area (Å²) in [7, 11) is 0. The number of thiazole rings is 1. The first-order chi connectivity index (χ1) is 18.2. The highest BCUT2D eigenvalue weighted by Crippen LogP contribution is 2.27. The Hall–Kier alpha value is -3.68. The van der Waals surface area contributed by atoms with Gasteiger partial charge in [-0.25, -0.2) is 9.78 Å². The number of urea groups is 1. The predicted molar refractivity (Wildman–Crippen MR) is 149 cm³/mol. The van der Waals surface area contributed by atoms with Crippen LogP contribution >= 0.6 is 11.3 Å². The van der Waals surface area contributed by atoms with E-state index in [1.54, 1.807) is 11.3 Å². The summed E-state index contributed by atoms with van der Waals surface area (Å²) in [6.07, 6.45) is 5.03. The van der Waals surface area contributed by atoms with Crippen LogP contribution in [0, 0.1) is 0 Å². The van der Waals surface area contributed by atoms with Gasteiger partial charge in [0.2, 0.25) is 0 Å². The van der Waals surface area contributed by atoms with Crippen molar-refractivity contribution in [3.8, 4) is 11.3 Å². The molecule has 6 nitrogen and oxygen atoms in total. The Kier molecular flexibility index (Phi) is 6.88. The van der Waals surface area contributed by atoms with E-state index >= 15 is 0 Å². The number of carbonyl (C=O) groups excluding carboxylic acids is 1. The zero-order valence-corrected chi connectivity index (χ0v) is 21.5. The molecule has 5 aromatic rings. The predicted octanol–water partition coefficient (Wildman–Crippen LogP) is 6.15. The molecule has 3 heterocycles. The second-order valence-corrected chi connectivity index (χ2v) is 10.4. The molecule has 0 saturated carbocycles. The molecular weight excluding hydrogens is 480 g/mol. The van der Waals surface area contributed by atoms with Crippen LogP contribution in [-0.4, -0.2) is 46.1 Å². The van der Waals surface area contributed by atoms with Crippen molar-refractivity contribution in [1.29, 1.82) is 0 Å². The average molecular weight is 511 g/mol. The number of rotatable bonds is 8. The number of ether oxygens (including phenoxy) is 1. The molecule has 188 valence electrons. The molecule has 0 radical (unpaired) electrons. The van der Waals surface area contributed by atoms with E-state index in [1.807, 2.05) is 35.2 Å². The Labute approximate surface area is 220 Å². The second kappa shape index (κ2) is 10.7. The number of amides is 2. The number of benzene rings is 3. The van der Waals surface area contributed by atoms with Gasteiger partial charge < -0.3 is 15.0 Å². The fraction of sp³-hybridized carbons (Fsp3) is 0.267. The van der Waals surface area contributed by atoms with E-state index in [0.29, 0.717) is 19.6 Å². The number of nitrogens with zero attached hydrogens (tertiary/aromatic N) is 3. The molecule has 1 N–H and O–H groups in total. The van der Waals surface area contributed by atoms with Gasteiger partial charge in [0.05, 0.1) is 11.8 Å². The lowest BCUT2D eigenvalue weighted by atomic mass is 10.1. The van der Waals surface area contributed by atoms with Crippen molar-refractivity contribution in [2.75, 3.05) is 19.7 Å². The van der Waals surface area contributed by atoms with Crippen molar-refractivity contribution >= 4 is 33.1 Å². The van der Waals surface area contributed by atoms with Crippen molar-refractivity contribution in [2.45, 2.75) is 31.9 Å². The number of carbonyl (C=O) groups is 1. The summed E-state index contributed by atoms with van der Waals surface area (Å²) >= 11 is 1.64. The molecule has 1 atom stereocenters. The summed E-state index contributed by atoms with van der Waals surface area (Å²) in [6, 6.07) is 24.8. The molecule has 3 aromatic carbocycles. The summed E-state index contributed by atoms with van der Waals surface area (Å²) in [4.78, 5) is 20.9. The number of nitrogens with one attached hydrogen (secondary N) is 1. The first-order valence-corrected chi connectivity index (χ1v) is 13.7. The molecular formula is C30H30N4O2S. The van der Waals surface area contributed by atoms with Gasteiger partial charge in [-0.2, -0.15) is 0 Å². The monoisotopic (exact) mass is 510 g/mol. The molecule has 37 heavy (non-hydrogen) atoms. The molecule has 1 aliphatic heterocycles. The third kappa shape index (κ3) is 5.38. The first-order valence-electron chi connectivity index (χ1n) is 12.9. The van der Waals surface area contributed by atoms with Crippen molar-refractivity contribution in [1.82, 2.24) is 19.6 Å². The number of hydrogen-bond acceptors (Lipinski definition) is 4. The van der Waals surface area contributed by atoms with Crippen LogP contribution in [0.4, 0.5) is 4.79 Å². The van der Waals surface area contributed by atoms with Crippen molar-refractivity contribution in [3.05, 3.63) is 95.6 Å². The van der Waals surface area contributed by atoms with Crippen molar-refractivity contribution in [3.63, 3.8) is 0 Å². The third-order valence-corrected chi connectivity index (χ3v) is 7.88. The van der Waals surface area contributed by atoms with Crippen LogP contribution < -0.4 is 5.32 Å². The zero-order valence-electron chi connectivity index (χ0n) is 20.7. The maximum absolute atomic E-state index is 13.2. The van der Waals surface area contributed by atoms with Crippen LogP contribution in [0.2, 0.25) is 0 Å². The lowest BCUT2D eigenvalue weighted by molar-refractivity contribution is 0.0814. The maximum atomic E-state index is 13.2. The van der Waals surface area contributed by atoms with Gasteiger partial charge in [0.1, 0.15) is 0 Å². The number of hydrogen-bond donors (Lipinski definition) is 1. The van der Waals surface area contributed by atoms with E-state index < -0.39 is 0 Å². The van der Waals surface area contributed by atoms with E-state index in [0.717, 1.165) is 53.3 Å². The van der Waals surface area contributed by atoms with Gasteiger partial charge in [0.25, 0.3) is 0 Å².